The van der Waals surface area contributed by atoms with Gasteiger partial charge in [-0.25, -0.2) is 0 Å². The van der Waals surface area contributed by atoms with Crippen LogP contribution in [0, 0.1) is 0 Å². The molecule has 0 spiro atoms. The van der Waals surface area contributed by atoms with Crippen molar-refractivity contribution >= 4 is 5.91 Å². The summed E-state index contributed by atoms with van der Waals surface area (Å²) in [6.07, 6.45) is 3.61. The molecule has 0 radical (unpaired) electrons. The van der Waals surface area contributed by atoms with Crippen LogP contribution in [0.2, 0.25) is 0 Å². The number of amides is 1. The molecule has 0 unspecified atom stereocenters. The summed E-state index contributed by atoms with van der Waals surface area (Å²) in [6.45, 7) is 4.96. The Morgan fingerprint density at radius 1 is 1.18 bits per heavy atom. The van der Waals surface area contributed by atoms with Crippen LogP contribution in [-0.4, -0.2) is 37.6 Å². The molecule has 1 aliphatic carbocycles. The van der Waals surface area contributed by atoms with E-state index in [2.05, 4.69) is 12.7 Å². The lowest BCUT2D eigenvalue weighted by molar-refractivity contribution is -0.129. The predicted octanol–water partition coefficient (Wildman–Crippen LogP) is 2.87. The summed E-state index contributed by atoms with van der Waals surface area (Å²) in [5, 5.41) is 0. The summed E-state index contributed by atoms with van der Waals surface area (Å²) < 4.78 is 10.7. The molecule has 0 aromatic heterocycles. The molecule has 4 heteroatoms. The normalized spacial score (nSPS) is 24.6. The molecule has 0 bridgehead atoms. The Kier molecular flexibility index (Phi) is 3.92. The van der Waals surface area contributed by atoms with Gasteiger partial charge in [-0.15, -0.1) is 0 Å². The zero-order valence-corrected chi connectivity index (χ0v) is 13.0. The molecule has 0 N–H and O–H groups in total. The van der Waals surface area contributed by atoms with Gasteiger partial charge in [0.15, 0.2) is 0 Å². The molecule has 1 aliphatic heterocycles. The van der Waals surface area contributed by atoms with Gasteiger partial charge in [0.25, 0.3) is 0 Å². The van der Waals surface area contributed by atoms with Crippen molar-refractivity contribution in [1.29, 1.82) is 0 Å². The number of rotatable bonds is 4. The van der Waals surface area contributed by atoms with Gasteiger partial charge in [-0.05, 0) is 30.2 Å². The molecule has 4 nitrogen and oxygen atoms in total. The number of nitrogens with zero attached hydrogens (tertiary/aromatic N) is 1. The number of carbonyl (C=O) groups excluding carboxylic acids is 1. The smallest absolute Gasteiger partial charge is 0.223 e. The van der Waals surface area contributed by atoms with Gasteiger partial charge in [-0.3, -0.25) is 4.79 Å². The quantitative estimate of drug-likeness (QED) is 0.858. The van der Waals surface area contributed by atoms with Crippen molar-refractivity contribution in [2.45, 2.75) is 24.8 Å². The van der Waals surface area contributed by atoms with Crippen LogP contribution in [0.3, 0.4) is 0 Å². The largest absolute Gasteiger partial charge is 0.497 e. The van der Waals surface area contributed by atoms with Crippen molar-refractivity contribution in [3.8, 4) is 5.75 Å². The Labute approximate surface area is 131 Å². The molecule has 2 atom stereocenters. The topological polar surface area (TPSA) is 38.8 Å². The average molecular weight is 299 g/mol. The van der Waals surface area contributed by atoms with E-state index in [1.54, 1.807) is 14.2 Å². The van der Waals surface area contributed by atoms with Crippen LogP contribution in [0.1, 0.15) is 24.3 Å². The first-order chi connectivity index (χ1) is 10.7. The van der Waals surface area contributed by atoms with Crippen molar-refractivity contribution in [2.24, 2.45) is 0 Å². The predicted molar refractivity (Wildman–Crippen MR) is 84.7 cm³/mol. The molecule has 2 aliphatic rings. The summed E-state index contributed by atoms with van der Waals surface area (Å²) in [5.74, 6) is 1.89. The highest BCUT2D eigenvalue weighted by Crippen LogP contribution is 2.41. The van der Waals surface area contributed by atoms with Crippen LogP contribution in [-0.2, 0) is 9.53 Å². The van der Waals surface area contributed by atoms with E-state index in [1.165, 1.54) is 0 Å². The first-order valence-corrected chi connectivity index (χ1v) is 7.54. The fourth-order valence-corrected chi connectivity index (χ4v) is 3.37. The summed E-state index contributed by atoms with van der Waals surface area (Å²) in [6, 6.07) is 7.93. The third-order valence-corrected chi connectivity index (χ3v) is 4.51. The molecule has 22 heavy (non-hydrogen) atoms. The maximum atomic E-state index is 12.2. The Hall–Kier alpha value is -2.23. The number of benzene rings is 1. The Morgan fingerprint density at radius 3 is 2.45 bits per heavy atom. The minimum atomic E-state index is -0.0432. The number of likely N-dealkylation sites (tertiary alicyclic amines) is 1. The second-order valence-corrected chi connectivity index (χ2v) is 5.69. The molecule has 1 heterocycles. The average Bonchev–Trinajstić information content (AvgIpc) is 3.10. The standard InChI is InChI=1S/C18H21NO3/c1-12-16(22-3)11-15(13-6-8-14(21-2)9-7-13)18(12)19-10-4-5-17(19)20/h6-9,11,15,18H,1,4-5,10H2,2-3H3/t15-,18+/m1/s1. The van der Waals surface area contributed by atoms with Gasteiger partial charge in [0.2, 0.25) is 5.91 Å². The van der Waals surface area contributed by atoms with E-state index in [0.29, 0.717) is 6.42 Å². The Bertz CT molecular complexity index is 618. The fraction of sp³-hybridized carbons (Fsp3) is 0.389. The molecule has 1 aromatic rings. The van der Waals surface area contributed by atoms with Crippen molar-refractivity contribution < 1.29 is 14.3 Å². The SMILES string of the molecule is C=C1C(OC)=C[C@H](c2ccc(OC)cc2)[C@H]1N1CCCC1=O. The van der Waals surface area contributed by atoms with Crippen molar-refractivity contribution in [3.63, 3.8) is 0 Å². The second kappa shape index (κ2) is 5.87. The number of ether oxygens (including phenoxy) is 2. The summed E-state index contributed by atoms with van der Waals surface area (Å²) in [7, 11) is 3.30. The third-order valence-electron chi connectivity index (χ3n) is 4.51. The van der Waals surface area contributed by atoms with Crippen LogP contribution in [0.25, 0.3) is 0 Å². The van der Waals surface area contributed by atoms with Crippen LogP contribution in [0.15, 0.2) is 48.3 Å². The van der Waals surface area contributed by atoms with E-state index < -0.39 is 0 Å². The van der Waals surface area contributed by atoms with Crippen LogP contribution in [0.5, 0.6) is 5.75 Å². The molecule has 116 valence electrons. The van der Waals surface area contributed by atoms with Crippen molar-refractivity contribution in [1.82, 2.24) is 4.90 Å². The van der Waals surface area contributed by atoms with E-state index in [0.717, 1.165) is 35.6 Å². The lowest BCUT2D eigenvalue weighted by Crippen LogP contribution is -2.39. The van der Waals surface area contributed by atoms with Gasteiger partial charge in [0, 0.05) is 24.5 Å². The summed E-state index contributed by atoms with van der Waals surface area (Å²) in [4.78, 5) is 14.1. The molecule has 1 aromatic carbocycles. The number of hydrogen-bond acceptors (Lipinski definition) is 3. The van der Waals surface area contributed by atoms with Gasteiger partial charge < -0.3 is 14.4 Å². The Morgan fingerprint density at radius 2 is 1.91 bits per heavy atom. The number of carbonyl (C=O) groups is 1. The van der Waals surface area contributed by atoms with E-state index in [4.69, 9.17) is 9.47 Å². The molecule has 1 saturated heterocycles. The van der Waals surface area contributed by atoms with Crippen molar-refractivity contribution in [3.05, 3.63) is 53.8 Å². The molecule has 1 fully saturated rings. The highest BCUT2D eigenvalue weighted by Gasteiger charge is 2.40. The third kappa shape index (κ3) is 2.39. The second-order valence-electron chi connectivity index (χ2n) is 5.69. The Balaban J connectivity index is 1.95. The van der Waals surface area contributed by atoms with E-state index in [9.17, 15) is 4.79 Å². The van der Waals surface area contributed by atoms with Crippen LogP contribution in [0.4, 0.5) is 0 Å². The monoisotopic (exact) mass is 299 g/mol. The zero-order chi connectivity index (χ0) is 15.7. The van der Waals surface area contributed by atoms with Gasteiger partial charge in [0.05, 0.1) is 20.3 Å². The van der Waals surface area contributed by atoms with Crippen LogP contribution >= 0.6 is 0 Å². The van der Waals surface area contributed by atoms with E-state index in [1.807, 2.05) is 29.2 Å². The molecule has 1 amide bonds. The molecular weight excluding hydrogens is 278 g/mol. The van der Waals surface area contributed by atoms with Gasteiger partial charge in [-0.2, -0.15) is 0 Å². The zero-order valence-electron chi connectivity index (χ0n) is 13.0. The molecular formula is C18H21NO3. The van der Waals surface area contributed by atoms with Gasteiger partial charge >= 0.3 is 0 Å². The fourth-order valence-electron chi connectivity index (χ4n) is 3.37. The molecule has 3 rings (SSSR count). The lowest BCUT2D eigenvalue weighted by atomic mass is 9.92. The highest BCUT2D eigenvalue weighted by molar-refractivity contribution is 5.79. The van der Waals surface area contributed by atoms with E-state index >= 15 is 0 Å². The maximum absolute atomic E-state index is 12.2. The minimum Gasteiger partial charge on any atom is -0.497 e. The number of methoxy groups -OCH3 is 2. The first kappa shape index (κ1) is 14.7. The summed E-state index contributed by atoms with van der Waals surface area (Å²) >= 11 is 0. The van der Waals surface area contributed by atoms with Gasteiger partial charge in [0.1, 0.15) is 11.5 Å². The summed E-state index contributed by atoms with van der Waals surface area (Å²) in [5.41, 5.74) is 2.03. The van der Waals surface area contributed by atoms with Gasteiger partial charge in [-0.1, -0.05) is 18.7 Å². The van der Waals surface area contributed by atoms with E-state index in [-0.39, 0.29) is 17.9 Å². The lowest BCUT2D eigenvalue weighted by Gasteiger charge is -2.30. The van der Waals surface area contributed by atoms with Crippen LogP contribution < -0.4 is 4.74 Å². The first-order valence-electron chi connectivity index (χ1n) is 7.54. The number of hydrogen-bond donors (Lipinski definition) is 0. The highest BCUT2D eigenvalue weighted by atomic mass is 16.5. The molecule has 0 saturated carbocycles. The minimum absolute atomic E-state index is 0.0432. The van der Waals surface area contributed by atoms with Crippen molar-refractivity contribution in [2.75, 3.05) is 20.8 Å². The maximum Gasteiger partial charge on any atom is 0.223 e.